The van der Waals surface area contributed by atoms with Gasteiger partial charge >= 0.3 is 6.03 Å². The number of fused-ring (bicyclic) bond motifs is 1. The Hall–Kier alpha value is -3.98. The second kappa shape index (κ2) is 9.48. The zero-order valence-corrected chi connectivity index (χ0v) is 19.0. The molecule has 0 unspecified atom stereocenters. The largest absolute Gasteiger partial charge is 0.373 e. The number of rotatable bonds is 5. The fourth-order valence-electron chi connectivity index (χ4n) is 3.61. The molecule has 0 spiro atoms. The molecule has 0 aliphatic carbocycles. The summed E-state index contributed by atoms with van der Waals surface area (Å²) in [6.45, 7) is 1.86. The van der Waals surface area contributed by atoms with Crippen molar-refractivity contribution in [3.05, 3.63) is 87.4 Å². The lowest BCUT2D eigenvalue weighted by Crippen LogP contribution is -2.23. The van der Waals surface area contributed by atoms with E-state index in [0.29, 0.717) is 23.2 Å². The van der Waals surface area contributed by atoms with Gasteiger partial charge in [-0.25, -0.2) is 18.6 Å². The summed E-state index contributed by atoms with van der Waals surface area (Å²) in [4.78, 5) is 29.9. The Kier molecular flexibility index (Phi) is 6.47. The standard InChI is InChI=1S/C24H20ClF2N5O2/c1-3-16-17-8-22(28-2)29-11-13(17)12-32(23(16)33)21-10-20(19(27)9-18(21)25)31-24(34)30-15-6-4-5-14(26)7-15/h4-12,28H,3H2,1-2H3,(H2,30,31,34). The number of pyridine rings is 2. The number of carbonyl (C=O) groups excluding carboxylic acids is 1. The van der Waals surface area contributed by atoms with Crippen LogP contribution in [-0.2, 0) is 6.42 Å². The van der Waals surface area contributed by atoms with Crippen molar-refractivity contribution >= 4 is 45.6 Å². The van der Waals surface area contributed by atoms with Gasteiger partial charge in [0.1, 0.15) is 17.5 Å². The van der Waals surface area contributed by atoms with E-state index in [9.17, 15) is 18.4 Å². The highest BCUT2D eigenvalue weighted by Gasteiger charge is 2.17. The smallest absolute Gasteiger partial charge is 0.323 e. The Labute approximate surface area is 198 Å². The molecule has 0 aliphatic heterocycles. The Balaban J connectivity index is 1.75. The van der Waals surface area contributed by atoms with Gasteiger partial charge in [0, 0.05) is 36.1 Å². The second-order valence-corrected chi connectivity index (χ2v) is 7.82. The molecule has 2 heterocycles. The number of aryl methyl sites for hydroxylation is 1. The topological polar surface area (TPSA) is 88.1 Å². The summed E-state index contributed by atoms with van der Waals surface area (Å²) in [5.74, 6) is -0.709. The number of halogens is 3. The first-order chi connectivity index (χ1) is 16.3. The van der Waals surface area contributed by atoms with Crippen LogP contribution < -0.4 is 21.5 Å². The minimum Gasteiger partial charge on any atom is -0.373 e. The third-order valence-electron chi connectivity index (χ3n) is 5.24. The Morgan fingerprint density at radius 1 is 1.15 bits per heavy atom. The van der Waals surface area contributed by atoms with Gasteiger partial charge in [-0.1, -0.05) is 24.6 Å². The lowest BCUT2D eigenvalue weighted by Gasteiger charge is -2.15. The van der Waals surface area contributed by atoms with E-state index in [1.54, 1.807) is 25.5 Å². The van der Waals surface area contributed by atoms with Gasteiger partial charge in [0.15, 0.2) is 0 Å². The molecular formula is C24H20ClF2N5O2. The maximum absolute atomic E-state index is 14.6. The average Bonchev–Trinajstić information content (AvgIpc) is 2.80. The molecule has 2 amide bonds. The van der Waals surface area contributed by atoms with Crippen molar-refractivity contribution in [2.24, 2.45) is 0 Å². The van der Waals surface area contributed by atoms with Crippen LogP contribution in [0.3, 0.4) is 0 Å². The van der Waals surface area contributed by atoms with E-state index >= 15 is 0 Å². The number of aromatic nitrogens is 2. The molecule has 3 N–H and O–H groups in total. The molecule has 10 heteroatoms. The molecule has 0 radical (unpaired) electrons. The van der Waals surface area contributed by atoms with Crippen LogP contribution in [0.25, 0.3) is 16.5 Å². The van der Waals surface area contributed by atoms with Gasteiger partial charge in [0.25, 0.3) is 5.56 Å². The molecule has 0 atom stereocenters. The van der Waals surface area contributed by atoms with E-state index in [1.165, 1.54) is 28.8 Å². The van der Waals surface area contributed by atoms with Crippen LogP contribution in [0.1, 0.15) is 12.5 Å². The van der Waals surface area contributed by atoms with E-state index in [2.05, 4.69) is 20.9 Å². The number of hydrogen-bond donors (Lipinski definition) is 3. The first-order valence-electron chi connectivity index (χ1n) is 10.4. The second-order valence-electron chi connectivity index (χ2n) is 7.42. The Morgan fingerprint density at radius 3 is 2.65 bits per heavy atom. The molecule has 174 valence electrons. The number of hydrogen-bond acceptors (Lipinski definition) is 4. The van der Waals surface area contributed by atoms with Crippen LogP contribution in [0, 0.1) is 11.6 Å². The summed E-state index contributed by atoms with van der Waals surface area (Å²) in [7, 11) is 1.73. The summed E-state index contributed by atoms with van der Waals surface area (Å²) in [5.41, 5.74) is 0.381. The van der Waals surface area contributed by atoms with Crippen LogP contribution in [0.2, 0.25) is 5.02 Å². The van der Waals surface area contributed by atoms with Gasteiger partial charge in [0.2, 0.25) is 0 Å². The van der Waals surface area contributed by atoms with E-state index in [1.807, 2.05) is 6.92 Å². The molecule has 2 aromatic heterocycles. The fraction of sp³-hybridized carbons (Fsp3) is 0.125. The van der Waals surface area contributed by atoms with Crippen molar-refractivity contribution in [1.29, 1.82) is 0 Å². The van der Waals surface area contributed by atoms with Gasteiger partial charge in [-0.2, -0.15) is 0 Å². The predicted molar refractivity (Wildman–Crippen MR) is 130 cm³/mol. The van der Waals surface area contributed by atoms with Gasteiger partial charge in [-0.3, -0.25) is 9.36 Å². The molecular weight excluding hydrogens is 464 g/mol. The number of benzene rings is 2. The minimum absolute atomic E-state index is 0.0168. The molecule has 4 aromatic rings. The molecule has 0 fully saturated rings. The number of urea groups is 1. The average molecular weight is 484 g/mol. The van der Waals surface area contributed by atoms with Crippen molar-refractivity contribution in [2.45, 2.75) is 13.3 Å². The summed E-state index contributed by atoms with van der Waals surface area (Å²) >= 11 is 6.29. The quantitative estimate of drug-likeness (QED) is 0.346. The minimum atomic E-state index is -0.798. The lowest BCUT2D eigenvalue weighted by molar-refractivity contribution is 0.262. The third-order valence-corrected chi connectivity index (χ3v) is 5.54. The van der Waals surface area contributed by atoms with Crippen molar-refractivity contribution in [2.75, 3.05) is 23.0 Å². The van der Waals surface area contributed by atoms with Gasteiger partial charge in [-0.15, -0.1) is 0 Å². The van der Waals surface area contributed by atoms with E-state index in [0.717, 1.165) is 17.5 Å². The maximum atomic E-state index is 14.6. The number of amides is 2. The number of anilines is 3. The number of carbonyl (C=O) groups is 1. The highest BCUT2D eigenvalue weighted by Crippen LogP contribution is 2.29. The summed E-state index contributed by atoms with van der Waals surface area (Å²) < 4.78 is 29.3. The first kappa shape index (κ1) is 23.2. The highest BCUT2D eigenvalue weighted by molar-refractivity contribution is 6.32. The molecule has 4 rings (SSSR count). The van der Waals surface area contributed by atoms with Gasteiger partial charge < -0.3 is 16.0 Å². The molecule has 7 nitrogen and oxygen atoms in total. The highest BCUT2D eigenvalue weighted by atomic mass is 35.5. The molecule has 34 heavy (non-hydrogen) atoms. The monoisotopic (exact) mass is 483 g/mol. The van der Waals surface area contributed by atoms with E-state index in [-0.39, 0.29) is 27.6 Å². The lowest BCUT2D eigenvalue weighted by atomic mass is 10.1. The summed E-state index contributed by atoms with van der Waals surface area (Å²) in [6, 6.07) is 8.55. The van der Waals surface area contributed by atoms with Crippen LogP contribution in [0.15, 0.2) is 59.7 Å². The first-order valence-corrected chi connectivity index (χ1v) is 10.7. The SMILES string of the molecule is CCc1c(=O)n(-c2cc(NC(=O)Nc3cccc(F)c3)c(F)cc2Cl)cc2cnc(NC)cc12. The molecule has 0 saturated heterocycles. The molecule has 0 aliphatic rings. The zero-order valence-electron chi connectivity index (χ0n) is 18.2. The van der Waals surface area contributed by atoms with Crippen molar-refractivity contribution in [1.82, 2.24) is 9.55 Å². The maximum Gasteiger partial charge on any atom is 0.323 e. The Morgan fingerprint density at radius 2 is 1.94 bits per heavy atom. The number of nitrogens with zero attached hydrogens (tertiary/aromatic N) is 2. The van der Waals surface area contributed by atoms with Crippen LogP contribution in [0.4, 0.5) is 30.8 Å². The van der Waals surface area contributed by atoms with Crippen LogP contribution in [-0.4, -0.2) is 22.6 Å². The van der Waals surface area contributed by atoms with Gasteiger partial charge in [-0.05, 0) is 48.2 Å². The molecule has 2 aromatic carbocycles. The third kappa shape index (κ3) is 4.55. The number of nitrogens with one attached hydrogen (secondary N) is 3. The van der Waals surface area contributed by atoms with Crippen molar-refractivity contribution in [3.8, 4) is 5.69 Å². The van der Waals surface area contributed by atoms with Gasteiger partial charge in [0.05, 0.1) is 16.4 Å². The normalized spacial score (nSPS) is 10.9. The molecule has 0 bridgehead atoms. The summed E-state index contributed by atoms with van der Waals surface area (Å²) in [6.07, 6.45) is 3.64. The van der Waals surface area contributed by atoms with E-state index in [4.69, 9.17) is 11.6 Å². The molecule has 0 saturated carbocycles. The predicted octanol–water partition coefficient (Wildman–Crippen LogP) is 5.57. The summed E-state index contributed by atoms with van der Waals surface area (Å²) in [5, 5.41) is 9.16. The Bertz CT molecular complexity index is 1470. The zero-order chi connectivity index (χ0) is 24.4. The van der Waals surface area contributed by atoms with E-state index < -0.39 is 17.7 Å². The van der Waals surface area contributed by atoms with Crippen LogP contribution >= 0.6 is 11.6 Å². The van der Waals surface area contributed by atoms with Crippen molar-refractivity contribution in [3.63, 3.8) is 0 Å². The van der Waals surface area contributed by atoms with Crippen molar-refractivity contribution < 1.29 is 13.6 Å². The van der Waals surface area contributed by atoms with Crippen LogP contribution in [0.5, 0.6) is 0 Å². The fourth-order valence-corrected chi connectivity index (χ4v) is 3.86.